The summed E-state index contributed by atoms with van der Waals surface area (Å²) in [5.74, 6) is 0.0986. The normalized spacial score (nSPS) is 14.4. The molecule has 1 rings (SSSR count). The van der Waals surface area contributed by atoms with Crippen LogP contribution in [0.2, 0.25) is 0 Å². The van der Waals surface area contributed by atoms with Crippen LogP contribution in [0.5, 0.6) is 0 Å². The van der Waals surface area contributed by atoms with Gasteiger partial charge in [-0.15, -0.1) is 0 Å². The highest BCUT2D eigenvalue weighted by Gasteiger charge is 2.32. The number of hydrogen-bond donors (Lipinski definition) is 1. The molecule has 6 nitrogen and oxygen atoms in total. The molecule has 0 saturated heterocycles. The number of nitrogens with zero attached hydrogens (tertiary/aromatic N) is 3. The number of aromatic nitrogens is 2. The number of aryl methyl sites for hydroxylation is 2. The average molecular weight is 268 g/mol. The molecule has 0 fully saturated rings. The van der Waals surface area contributed by atoms with Gasteiger partial charge in [0.05, 0.1) is 4.92 Å². The van der Waals surface area contributed by atoms with Crippen LogP contribution < -0.4 is 5.32 Å². The van der Waals surface area contributed by atoms with Crippen molar-refractivity contribution in [3.63, 3.8) is 0 Å². The smallest absolute Gasteiger partial charge is 0.313 e. The minimum absolute atomic E-state index is 0.0986. The molecule has 1 aromatic heterocycles. The average Bonchev–Trinajstić information content (AvgIpc) is 2.67. The third-order valence-electron chi connectivity index (χ3n) is 3.54. The molecule has 1 N–H and O–H groups in total. The molecule has 2 unspecified atom stereocenters. The van der Waals surface area contributed by atoms with Crippen LogP contribution in [0.4, 0.5) is 5.69 Å². The summed E-state index contributed by atoms with van der Waals surface area (Å²) in [5.41, 5.74) is 1.43. The van der Waals surface area contributed by atoms with Gasteiger partial charge in [-0.1, -0.05) is 13.8 Å². The van der Waals surface area contributed by atoms with Gasteiger partial charge in [0, 0.05) is 18.5 Å². The predicted molar refractivity (Wildman–Crippen MR) is 75.5 cm³/mol. The lowest BCUT2D eigenvalue weighted by atomic mass is 9.93. The molecule has 0 aromatic carbocycles. The van der Waals surface area contributed by atoms with Gasteiger partial charge < -0.3 is 5.32 Å². The minimum atomic E-state index is -0.300. The Morgan fingerprint density at radius 2 is 2.05 bits per heavy atom. The quantitative estimate of drug-likeness (QED) is 0.609. The van der Waals surface area contributed by atoms with Gasteiger partial charge in [-0.3, -0.25) is 14.8 Å². The number of nitrogens with one attached hydrogen (secondary N) is 1. The molecular formula is C13H24N4O2. The van der Waals surface area contributed by atoms with E-state index in [4.69, 9.17) is 0 Å². The van der Waals surface area contributed by atoms with E-state index in [-0.39, 0.29) is 22.6 Å². The van der Waals surface area contributed by atoms with Crippen LogP contribution in [0.1, 0.15) is 51.4 Å². The third-order valence-corrected chi connectivity index (χ3v) is 3.54. The molecule has 0 aliphatic heterocycles. The van der Waals surface area contributed by atoms with E-state index in [1.807, 2.05) is 13.8 Å². The Bertz CT molecular complexity index is 442. The SMILES string of the molecule is CCNC(C)C(CC)c1c([N+](=O)[O-])c(C)nn1CC. The van der Waals surface area contributed by atoms with Gasteiger partial charge in [-0.05, 0) is 33.7 Å². The van der Waals surface area contributed by atoms with Crippen molar-refractivity contribution in [1.29, 1.82) is 0 Å². The summed E-state index contributed by atoms with van der Waals surface area (Å²) in [5, 5.41) is 19.0. The summed E-state index contributed by atoms with van der Waals surface area (Å²) in [6.07, 6.45) is 0.847. The molecule has 0 radical (unpaired) electrons. The van der Waals surface area contributed by atoms with Crippen molar-refractivity contribution < 1.29 is 4.92 Å². The maximum atomic E-state index is 11.3. The van der Waals surface area contributed by atoms with Crippen LogP contribution in [0, 0.1) is 17.0 Å². The monoisotopic (exact) mass is 268 g/mol. The van der Waals surface area contributed by atoms with E-state index >= 15 is 0 Å². The van der Waals surface area contributed by atoms with Crippen LogP contribution in [0.3, 0.4) is 0 Å². The lowest BCUT2D eigenvalue weighted by molar-refractivity contribution is -0.386. The second-order valence-corrected chi connectivity index (χ2v) is 4.75. The first-order valence-electron chi connectivity index (χ1n) is 6.92. The molecule has 0 aliphatic carbocycles. The number of likely N-dealkylation sites (N-methyl/N-ethyl adjacent to an activating group) is 1. The van der Waals surface area contributed by atoms with Gasteiger partial charge in [0.25, 0.3) is 0 Å². The van der Waals surface area contributed by atoms with Gasteiger partial charge >= 0.3 is 5.69 Å². The van der Waals surface area contributed by atoms with E-state index in [1.54, 1.807) is 11.6 Å². The second-order valence-electron chi connectivity index (χ2n) is 4.75. The summed E-state index contributed by atoms with van der Waals surface area (Å²) < 4.78 is 1.77. The topological polar surface area (TPSA) is 73.0 Å². The Labute approximate surface area is 114 Å². The Hall–Kier alpha value is -1.43. The minimum Gasteiger partial charge on any atom is -0.314 e. The van der Waals surface area contributed by atoms with Crippen molar-refractivity contribution >= 4 is 5.69 Å². The third kappa shape index (κ3) is 3.12. The predicted octanol–water partition coefficient (Wildman–Crippen LogP) is 2.61. The molecular weight excluding hydrogens is 244 g/mol. The van der Waals surface area contributed by atoms with E-state index in [9.17, 15) is 10.1 Å². The zero-order chi connectivity index (χ0) is 14.6. The fraction of sp³-hybridized carbons (Fsp3) is 0.769. The molecule has 6 heteroatoms. The zero-order valence-electron chi connectivity index (χ0n) is 12.4. The van der Waals surface area contributed by atoms with Crippen LogP contribution in [0.25, 0.3) is 0 Å². The van der Waals surface area contributed by atoms with Gasteiger partial charge in [-0.25, -0.2) is 0 Å². The molecule has 0 spiro atoms. The van der Waals surface area contributed by atoms with Gasteiger partial charge in [0.2, 0.25) is 0 Å². The van der Waals surface area contributed by atoms with E-state index in [0.717, 1.165) is 18.7 Å². The van der Waals surface area contributed by atoms with Crippen molar-refractivity contribution in [2.75, 3.05) is 6.54 Å². The first-order valence-corrected chi connectivity index (χ1v) is 6.92. The molecule has 1 aromatic rings. The fourth-order valence-corrected chi connectivity index (χ4v) is 2.67. The Kier molecular flexibility index (Phi) is 5.47. The lowest BCUT2D eigenvalue weighted by Crippen LogP contribution is -2.33. The second kappa shape index (κ2) is 6.65. The summed E-state index contributed by atoms with van der Waals surface area (Å²) in [7, 11) is 0. The van der Waals surface area contributed by atoms with Crippen LogP contribution in [-0.4, -0.2) is 27.3 Å². The molecule has 1 heterocycles. The lowest BCUT2D eigenvalue weighted by Gasteiger charge is -2.23. The van der Waals surface area contributed by atoms with Crippen LogP contribution in [0.15, 0.2) is 0 Å². The van der Waals surface area contributed by atoms with Gasteiger partial charge in [-0.2, -0.15) is 5.10 Å². The summed E-state index contributed by atoms with van der Waals surface area (Å²) in [6, 6.07) is 0.190. The Morgan fingerprint density at radius 1 is 1.42 bits per heavy atom. The maximum absolute atomic E-state index is 11.3. The molecule has 0 saturated carbocycles. The van der Waals surface area contributed by atoms with E-state index < -0.39 is 0 Å². The zero-order valence-corrected chi connectivity index (χ0v) is 12.4. The molecule has 19 heavy (non-hydrogen) atoms. The standard InChI is InChI=1S/C13H24N4O2/c1-6-11(9(4)14-7-2)13-12(17(18)19)10(5)15-16(13)8-3/h9,11,14H,6-8H2,1-5H3. The van der Waals surface area contributed by atoms with Crippen molar-refractivity contribution in [2.45, 2.75) is 59.5 Å². The van der Waals surface area contributed by atoms with Crippen LogP contribution in [-0.2, 0) is 6.54 Å². The summed E-state index contributed by atoms with van der Waals surface area (Å²) in [6.45, 7) is 11.3. The highest BCUT2D eigenvalue weighted by Crippen LogP contribution is 2.33. The van der Waals surface area contributed by atoms with E-state index in [1.165, 1.54) is 0 Å². The largest absolute Gasteiger partial charge is 0.314 e. The molecule has 0 aliphatic rings. The van der Waals surface area contributed by atoms with Crippen molar-refractivity contribution in [3.8, 4) is 0 Å². The first-order chi connectivity index (χ1) is 8.97. The number of nitro groups is 1. The summed E-state index contributed by atoms with van der Waals surface area (Å²) >= 11 is 0. The number of hydrogen-bond acceptors (Lipinski definition) is 4. The molecule has 0 bridgehead atoms. The van der Waals surface area contributed by atoms with Gasteiger partial charge in [0.15, 0.2) is 0 Å². The molecule has 2 atom stereocenters. The number of rotatable bonds is 7. The van der Waals surface area contributed by atoms with E-state index in [2.05, 4.69) is 24.3 Å². The molecule has 0 amide bonds. The van der Waals surface area contributed by atoms with Crippen molar-refractivity contribution in [1.82, 2.24) is 15.1 Å². The fourth-order valence-electron chi connectivity index (χ4n) is 2.67. The maximum Gasteiger partial charge on any atom is 0.313 e. The van der Waals surface area contributed by atoms with Gasteiger partial charge in [0.1, 0.15) is 11.4 Å². The van der Waals surface area contributed by atoms with Crippen LogP contribution >= 0.6 is 0 Å². The highest BCUT2D eigenvalue weighted by atomic mass is 16.6. The highest BCUT2D eigenvalue weighted by molar-refractivity contribution is 5.43. The van der Waals surface area contributed by atoms with E-state index in [0.29, 0.717) is 12.2 Å². The van der Waals surface area contributed by atoms with Crippen molar-refractivity contribution in [2.24, 2.45) is 0 Å². The Morgan fingerprint density at radius 3 is 2.47 bits per heavy atom. The molecule has 108 valence electrons. The Balaban J connectivity index is 3.31. The first kappa shape index (κ1) is 15.6. The van der Waals surface area contributed by atoms with Crippen molar-refractivity contribution in [3.05, 3.63) is 21.5 Å². The summed E-state index contributed by atoms with van der Waals surface area (Å²) in [4.78, 5) is 11.0.